The molecule has 1 aliphatic heterocycles. The van der Waals surface area contributed by atoms with Crippen LogP contribution in [0.25, 0.3) is 0 Å². The van der Waals surface area contributed by atoms with Crippen molar-refractivity contribution >= 4 is 0 Å². The normalized spacial score (nSPS) is 18.9. The molecule has 0 bridgehead atoms. The molecule has 0 saturated heterocycles. The van der Waals surface area contributed by atoms with Crippen molar-refractivity contribution in [3.05, 3.63) is 54.1 Å². The molecule has 0 aliphatic carbocycles. The van der Waals surface area contributed by atoms with Crippen molar-refractivity contribution < 1.29 is 4.74 Å². The van der Waals surface area contributed by atoms with E-state index in [1.165, 1.54) is 5.56 Å². The molecule has 1 aliphatic rings. The average molecular weight is 269 g/mol. The zero-order valence-electron chi connectivity index (χ0n) is 11.6. The van der Waals surface area contributed by atoms with E-state index in [1.54, 1.807) is 6.33 Å². The first-order valence-electron chi connectivity index (χ1n) is 7.02. The predicted molar refractivity (Wildman–Crippen MR) is 77.7 cm³/mol. The fraction of sp³-hybridized carbons (Fsp3) is 0.375. The lowest BCUT2D eigenvalue weighted by atomic mass is 9.86. The number of ether oxygens (including phenoxy) is 1. The molecule has 0 saturated carbocycles. The summed E-state index contributed by atoms with van der Waals surface area (Å²) in [4.78, 5) is 8.23. The van der Waals surface area contributed by atoms with Crippen molar-refractivity contribution in [3.63, 3.8) is 0 Å². The van der Waals surface area contributed by atoms with Gasteiger partial charge in [0.25, 0.3) is 0 Å². The SMILES string of the molecule is CNC(CC1CCOc2ccccc21)c1cncnc1. The molecule has 3 rings (SSSR count). The van der Waals surface area contributed by atoms with Gasteiger partial charge >= 0.3 is 0 Å². The van der Waals surface area contributed by atoms with Crippen LogP contribution in [-0.4, -0.2) is 23.6 Å². The number of hydrogen-bond donors (Lipinski definition) is 1. The molecule has 1 N–H and O–H groups in total. The Morgan fingerprint density at radius 2 is 2.10 bits per heavy atom. The maximum Gasteiger partial charge on any atom is 0.122 e. The maximum atomic E-state index is 5.73. The smallest absolute Gasteiger partial charge is 0.122 e. The Morgan fingerprint density at radius 3 is 2.90 bits per heavy atom. The van der Waals surface area contributed by atoms with Gasteiger partial charge in [-0.3, -0.25) is 0 Å². The molecule has 2 aromatic rings. The second-order valence-electron chi connectivity index (χ2n) is 5.12. The molecule has 0 amide bonds. The molecule has 2 unspecified atom stereocenters. The van der Waals surface area contributed by atoms with Crippen molar-refractivity contribution in [2.24, 2.45) is 0 Å². The Kier molecular flexibility index (Phi) is 3.92. The van der Waals surface area contributed by atoms with Crippen LogP contribution >= 0.6 is 0 Å². The topological polar surface area (TPSA) is 47.0 Å². The summed E-state index contributed by atoms with van der Waals surface area (Å²) in [6, 6.07) is 8.62. The van der Waals surface area contributed by atoms with E-state index in [9.17, 15) is 0 Å². The summed E-state index contributed by atoms with van der Waals surface area (Å²) in [6.45, 7) is 0.795. The van der Waals surface area contributed by atoms with Crippen molar-refractivity contribution in [1.82, 2.24) is 15.3 Å². The fourth-order valence-corrected chi connectivity index (χ4v) is 2.86. The van der Waals surface area contributed by atoms with E-state index in [0.29, 0.717) is 5.92 Å². The third-order valence-corrected chi connectivity index (χ3v) is 3.93. The highest BCUT2D eigenvalue weighted by Crippen LogP contribution is 2.38. The van der Waals surface area contributed by atoms with E-state index in [0.717, 1.165) is 30.8 Å². The molecule has 1 aromatic carbocycles. The minimum atomic E-state index is 0.271. The number of fused-ring (bicyclic) bond motifs is 1. The van der Waals surface area contributed by atoms with Crippen LogP contribution in [0.5, 0.6) is 5.75 Å². The number of benzene rings is 1. The quantitative estimate of drug-likeness (QED) is 0.927. The van der Waals surface area contributed by atoms with E-state index < -0.39 is 0 Å². The summed E-state index contributed by atoms with van der Waals surface area (Å²) in [5.74, 6) is 1.54. The largest absolute Gasteiger partial charge is 0.493 e. The van der Waals surface area contributed by atoms with E-state index in [2.05, 4.69) is 33.5 Å². The fourth-order valence-electron chi connectivity index (χ4n) is 2.86. The Hall–Kier alpha value is -1.94. The maximum absolute atomic E-state index is 5.73. The second kappa shape index (κ2) is 6.01. The minimum absolute atomic E-state index is 0.271. The van der Waals surface area contributed by atoms with Gasteiger partial charge in [-0.1, -0.05) is 18.2 Å². The highest BCUT2D eigenvalue weighted by atomic mass is 16.5. The van der Waals surface area contributed by atoms with Crippen LogP contribution in [0.3, 0.4) is 0 Å². The Bertz CT molecular complexity index is 559. The van der Waals surface area contributed by atoms with E-state index in [1.807, 2.05) is 25.5 Å². The van der Waals surface area contributed by atoms with E-state index in [-0.39, 0.29) is 6.04 Å². The number of hydrogen-bond acceptors (Lipinski definition) is 4. The molecule has 1 aromatic heterocycles. The number of aromatic nitrogens is 2. The van der Waals surface area contributed by atoms with E-state index in [4.69, 9.17) is 4.74 Å². The van der Waals surface area contributed by atoms with Crippen LogP contribution < -0.4 is 10.1 Å². The molecule has 0 fully saturated rings. The van der Waals surface area contributed by atoms with Gasteiger partial charge in [0.1, 0.15) is 12.1 Å². The first-order chi connectivity index (χ1) is 9.88. The van der Waals surface area contributed by atoms with Crippen molar-refractivity contribution in [2.75, 3.05) is 13.7 Å². The highest BCUT2D eigenvalue weighted by Gasteiger charge is 2.24. The van der Waals surface area contributed by atoms with Gasteiger partial charge in [-0.25, -0.2) is 9.97 Å². The van der Waals surface area contributed by atoms with Gasteiger partial charge in [0.2, 0.25) is 0 Å². The number of para-hydroxylation sites is 1. The average Bonchev–Trinajstić information content (AvgIpc) is 2.53. The highest BCUT2D eigenvalue weighted by molar-refractivity contribution is 5.38. The summed E-state index contributed by atoms with van der Waals surface area (Å²) in [7, 11) is 1.99. The standard InChI is InChI=1S/C16H19N3O/c1-17-15(13-9-18-11-19-10-13)8-12-6-7-20-16-5-3-2-4-14(12)16/h2-5,9-12,15,17H,6-8H2,1H3. The summed E-state index contributed by atoms with van der Waals surface area (Å²) in [5.41, 5.74) is 2.45. The molecule has 2 atom stereocenters. The third kappa shape index (κ3) is 2.65. The van der Waals surface area contributed by atoms with Gasteiger partial charge in [0.15, 0.2) is 0 Å². The zero-order chi connectivity index (χ0) is 13.8. The minimum Gasteiger partial charge on any atom is -0.493 e. The summed E-state index contributed by atoms with van der Waals surface area (Å²) < 4.78 is 5.73. The molecular formula is C16H19N3O. The number of nitrogens with one attached hydrogen (secondary N) is 1. The summed E-state index contributed by atoms with van der Waals surface area (Å²) in [5, 5.41) is 3.38. The van der Waals surface area contributed by atoms with Crippen LogP contribution in [0.1, 0.15) is 35.9 Å². The number of nitrogens with zero attached hydrogens (tertiary/aromatic N) is 2. The predicted octanol–water partition coefficient (Wildman–Crippen LogP) is 2.69. The van der Waals surface area contributed by atoms with Gasteiger partial charge in [-0.2, -0.15) is 0 Å². The van der Waals surface area contributed by atoms with Gasteiger partial charge in [-0.05, 0) is 37.4 Å². The van der Waals surface area contributed by atoms with Crippen molar-refractivity contribution in [3.8, 4) is 5.75 Å². The molecular weight excluding hydrogens is 250 g/mol. The molecule has 2 heterocycles. The second-order valence-corrected chi connectivity index (χ2v) is 5.12. The molecule has 4 heteroatoms. The van der Waals surface area contributed by atoms with E-state index >= 15 is 0 Å². The summed E-state index contributed by atoms with van der Waals surface area (Å²) >= 11 is 0. The van der Waals surface area contributed by atoms with Crippen molar-refractivity contribution in [1.29, 1.82) is 0 Å². The zero-order valence-corrected chi connectivity index (χ0v) is 11.6. The monoisotopic (exact) mass is 269 g/mol. The number of rotatable bonds is 4. The molecule has 104 valence electrons. The Labute approximate surface area is 119 Å². The Morgan fingerprint density at radius 1 is 1.30 bits per heavy atom. The molecule has 4 nitrogen and oxygen atoms in total. The van der Waals surface area contributed by atoms with Gasteiger partial charge < -0.3 is 10.1 Å². The van der Waals surface area contributed by atoms with Crippen LogP contribution in [0.15, 0.2) is 43.0 Å². The molecule has 0 spiro atoms. The lowest BCUT2D eigenvalue weighted by Gasteiger charge is -2.29. The molecule has 0 radical (unpaired) electrons. The van der Waals surface area contributed by atoms with Crippen LogP contribution in [-0.2, 0) is 0 Å². The van der Waals surface area contributed by atoms with Gasteiger partial charge in [0, 0.05) is 24.0 Å². The lowest BCUT2D eigenvalue weighted by Crippen LogP contribution is -2.22. The van der Waals surface area contributed by atoms with Crippen LogP contribution in [0.2, 0.25) is 0 Å². The Balaban J connectivity index is 1.81. The first kappa shape index (κ1) is 13.1. The lowest BCUT2D eigenvalue weighted by molar-refractivity contribution is 0.256. The molecule has 20 heavy (non-hydrogen) atoms. The van der Waals surface area contributed by atoms with Crippen LogP contribution in [0.4, 0.5) is 0 Å². The summed E-state index contributed by atoms with van der Waals surface area (Å²) in [6.07, 6.45) is 7.44. The van der Waals surface area contributed by atoms with Crippen LogP contribution in [0, 0.1) is 0 Å². The van der Waals surface area contributed by atoms with Gasteiger partial charge in [-0.15, -0.1) is 0 Å². The van der Waals surface area contributed by atoms with Crippen molar-refractivity contribution in [2.45, 2.75) is 24.8 Å². The first-order valence-corrected chi connectivity index (χ1v) is 7.02. The van der Waals surface area contributed by atoms with Gasteiger partial charge in [0.05, 0.1) is 6.61 Å². The third-order valence-electron chi connectivity index (χ3n) is 3.93.